The number of primary amides is 1. The average Bonchev–Trinajstić information content (AvgIpc) is 1.83. The number of nitrogens with two attached hydrogens (primary N) is 1. The summed E-state index contributed by atoms with van der Waals surface area (Å²) in [6.07, 6.45) is -0.725. The van der Waals surface area contributed by atoms with Gasteiger partial charge in [-0.15, -0.1) is 0 Å². The number of carbonyl (C=O) groups is 2. The van der Waals surface area contributed by atoms with Crippen LogP contribution < -0.4 is 5.73 Å². The van der Waals surface area contributed by atoms with Crippen LogP contribution in [0, 0.1) is 0 Å². The second-order valence-corrected chi connectivity index (χ2v) is 3.06. The second kappa shape index (κ2) is 6.22. The Balaban J connectivity index is 0. The molecule has 0 aromatic carbocycles. The molecule has 3 N–H and O–H groups in total. The van der Waals surface area contributed by atoms with Gasteiger partial charge in [0.05, 0.1) is 0 Å². The molecule has 0 aliphatic carbocycles. The molecular formula is C7H14FNO4. The van der Waals surface area contributed by atoms with Crippen LogP contribution in [-0.4, -0.2) is 29.4 Å². The number of hydrogen-bond acceptors (Lipinski definition) is 3. The minimum atomic E-state index is -1.41. The normalized spacial score (nSPS) is 9.54. The predicted molar refractivity (Wildman–Crippen MR) is 44.0 cm³/mol. The van der Waals surface area contributed by atoms with Crippen LogP contribution in [0.15, 0.2) is 0 Å². The average molecular weight is 195 g/mol. The van der Waals surface area contributed by atoms with Crippen molar-refractivity contribution in [1.82, 2.24) is 0 Å². The van der Waals surface area contributed by atoms with Gasteiger partial charge >= 0.3 is 12.1 Å². The number of alkyl halides is 1. The van der Waals surface area contributed by atoms with Gasteiger partial charge in [-0.2, -0.15) is 0 Å². The lowest BCUT2D eigenvalue weighted by Crippen LogP contribution is -2.27. The molecule has 13 heavy (non-hydrogen) atoms. The summed E-state index contributed by atoms with van der Waals surface area (Å²) in [7, 11) is 0. The third-order valence-electron chi connectivity index (χ3n) is 0.521. The van der Waals surface area contributed by atoms with Gasteiger partial charge in [-0.3, -0.25) is 0 Å². The SMILES string of the molecule is CC(C)(C)OC(N)=O.O=C(O)CF. The Morgan fingerprint density at radius 2 is 1.77 bits per heavy atom. The standard InChI is InChI=1S/C5H11NO2.C2H3FO2/c1-5(2,3)8-4(6)7;3-1-2(4)5/h1-3H3,(H2,6,7);1H2,(H,4,5). The number of aliphatic carboxylic acids is 1. The van der Waals surface area contributed by atoms with Crippen LogP contribution in [0.5, 0.6) is 0 Å². The number of carboxylic acids is 1. The van der Waals surface area contributed by atoms with Crippen molar-refractivity contribution in [2.75, 3.05) is 6.67 Å². The summed E-state index contributed by atoms with van der Waals surface area (Å²) in [5.74, 6) is -1.41. The molecule has 0 spiro atoms. The van der Waals surface area contributed by atoms with Crippen LogP contribution in [0.3, 0.4) is 0 Å². The van der Waals surface area contributed by atoms with Crippen LogP contribution >= 0.6 is 0 Å². The zero-order chi connectivity index (χ0) is 11.1. The molecule has 6 heteroatoms. The molecule has 5 nitrogen and oxygen atoms in total. The van der Waals surface area contributed by atoms with Crippen molar-refractivity contribution < 1.29 is 23.8 Å². The van der Waals surface area contributed by atoms with Crippen molar-refractivity contribution >= 4 is 12.1 Å². The van der Waals surface area contributed by atoms with Gasteiger partial charge in [0.1, 0.15) is 5.60 Å². The first kappa shape index (κ1) is 14.2. The fraction of sp³-hybridized carbons (Fsp3) is 0.714. The van der Waals surface area contributed by atoms with Crippen molar-refractivity contribution in [3.8, 4) is 0 Å². The van der Waals surface area contributed by atoms with E-state index in [2.05, 4.69) is 4.74 Å². The summed E-state index contributed by atoms with van der Waals surface area (Å²) >= 11 is 0. The highest BCUT2D eigenvalue weighted by Gasteiger charge is 2.12. The number of hydrogen-bond donors (Lipinski definition) is 2. The number of halogens is 1. The maximum Gasteiger partial charge on any atom is 0.405 e. The molecule has 0 bridgehead atoms. The second-order valence-electron chi connectivity index (χ2n) is 3.06. The van der Waals surface area contributed by atoms with E-state index in [4.69, 9.17) is 15.6 Å². The topological polar surface area (TPSA) is 89.6 Å². The Morgan fingerprint density at radius 3 is 1.77 bits per heavy atom. The Morgan fingerprint density at radius 1 is 1.46 bits per heavy atom. The fourth-order valence-electron chi connectivity index (χ4n) is 0.302. The number of rotatable bonds is 1. The van der Waals surface area contributed by atoms with Crippen molar-refractivity contribution in [2.24, 2.45) is 5.73 Å². The van der Waals surface area contributed by atoms with Gasteiger partial charge in [0.25, 0.3) is 0 Å². The largest absolute Gasteiger partial charge is 0.479 e. The molecular weight excluding hydrogens is 181 g/mol. The van der Waals surface area contributed by atoms with Gasteiger partial charge in [-0.25, -0.2) is 14.0 Å². The quantitative estimate of drug-likeness (QED) is 0.651. The van der Waals surface area contributed by atoms with Crippen molar-refractivity contribution in [1.29, 1.82) is 0 Å². The van der Waals surface area contributed by atoms with Crippen molar-refractivity contribution in [3.63, 3.8) is 0 Å². The summed E-state index contributed by atoms with van der Waals surface area (Å²) in [5.41, 5.74) is 4.26. The van der Waals surface area contributed by atoms with Gasteiger partial charge in [-0.05, 0) is 20.8 Å². The highest BCUT2D eigenvalue weighted by atomic mass is 19.1. The van der Waals surface area contributed by atoms with E-state index in [1.54, 1.807) is 20.8 Å². The first-order chi connectivity index (χ1) is 5.69. The van der Waals surface area contributed by atoms with Crippen molar-refractivity contribution in [2.45, 2.75) is 26.4 Å². The molecule has 0 atom stereocenters. The summed E-state index contributed by atoms with van der Waals surface area (Å²) in [6.45, 7) is 4.01. The minimum absolute atomic E-state index is 0.453. The maximum atomic E-state index is 10.5. The first-order valence-corrected chi connectivity index (χ1v) is 3.45. The third-order valence-corrected chi connectivity index (χ3v) is 0.521. The zero-order valence-corrected chi connectivity index (χ0v) is 7.83. The molecule has 0 unspecified atom stereocenters. The maximum absolute atomic E-state index is 10.5. The Kier molecular flexibility index (Phi) is 6.79. The molecule has 0 radical (unpaired) electrons. The molecule has 0 saturated heterocycles. The number of amides is 1. The smallest absolute Gasteiger partial charge is 0.405 e. The van der Waals surface area contributed by atoms with E-state index in [1.165, 1.54) is 0 Å². The fourth-order valence-corrected chi connectivity index (χ4v) is 0.302. The van der Waals surface area contributed by atoms with E-state index in [9.17, 15) is 9.18 Å². The van der Waals surface area contributed by atoms with Gasteiger partial charge in [0.15, 0.2) is 6.67 Å². The Labute approximate surface area is 75.7 Å². The van der Waals surface area contributed by atoms with Crippen LogP contribution in [0.2, 0.25) is 0 Å². The van der Waals surface area contributed by atoms with Crippen LogP contribution in [0.1, 0.15) is 20.8 Å². The number of carbonyl (C=O) groups excluding carboxylic acids is 1. The number of ether oxygens (including phenoxy) is 1. The molecule has 0 aliphatic heterocycles. The van der Waals surface area contributed by atoms with Gasteiger partial charge in [0, 0.05) is 0 Å². The van der Waals surface area contributed by atoms with Crippen LogP contribution in [0.4, 0.5) is 9.18 Å². The lowest BCUT2D eigenvalue weighted by molar-refractivity contribution is -0.137. The van der Waals surface area contributed by atoms with Crippen molar-refractivity contribution in [3.05, 3.63) is 0 Å². The van der Waals surface area contributed by atoms with Gasteiger partial charge < -0.3 is 15.6 Å². The highest BCUT2D eigenvalue weighted by molar-refractivity contribution is 5.67. The zero-order valence-electron chi connectivity index (χ0n) is 7.83. The lowest BCUT2D eigenvalue weighted by Gasteiger charge is -2.16. The van der Waals surface area contributed by atoms with E-state index in [0.29, 0.717) is 0 Å². The molecule has 0 aromatic rings. The molecule has 0 aliphatic rings. The summed E-state index contributed by atoms with van der Waals surface area (Å²) in [4.78, 5) is 19.0. The van der Waals surface area contributed by atoms with E-state index >= 15 is 0 Å². The molecule has 0 fully saturated rings. The molecule has 0 aromatic heterocycles. The predicted octanol–water partition coefficient (Wildman–Crippen LogP) is 0.921. The lowest BCUT2D eigenvalue weighted by atomic mass is 10.2. The summed E-state index contributed by atoms with van der Waals surface area (Å²) < 4.78 is 15.1. The molecule has 0 rings (SSSR count). The molecule has 78 valence electrons. The molecule has 0 saturated carbocycles. The van der Waals surface area contributed by atoms with Gasteiger partial charge in [-0.1, -0.05) is 0 Å². The van der Waals surface area contributed by atoms with E-state index < -0.39 is 24.3 Å². The van der Waals surface area contributed by atoms with Crippen LogP contribution in [-0.2, 0) is 9.53 Å². The number of carboxylic acid groups (broad SMARTS) is 1. The third kappa shape index (κ3) is 24.9. The monoisotopic (exact) mass is 195 g/mol. The van der Waals surface area contributed by atoms with E-state index in [-0.39, 0.29) is 0 Å². The Hall–Kier alpha value is -1.33. The van der Waals surface area contributed by atoms with Crippen LogP contribution in [0.25, 0.3) is 0 Å². The highest BCUT2D eigenvalue weighted by Crippen LogP contribution is 2.04. The van der Waals surface area contributed by atoms with Gasteiger partial charge in [0.2, 0.25) is 0 Å². The van der Waals surface area contributed by atoms with E-state index in [0.717, 1.165) is 0 Å². The Bertz CT molecular complexity index is 176. The summed E-state index contributed by atoms with van der Waals surface area (Å²) in [5, 5.41) is 7.35. The summed E-state index contributed by atoms with van der Waals surface area (Å²) in [6, 6.07) is 0. The minimum Gasteiger partial charge on any atom is -0.479 e. The molecule has 0 heterocycles. The first-order valence-electron chi connectivity index (χ1n) is 3.45. The molecule has 1 amide bonds. The van der Waals surface area contributed by atoms with E-state index in [1.807, 2.05) is 0 Å².